The van der Waals surface area contributed by atoms with Gasteiger partial charge in [-0.25, -0.2) is 0 Å². The summed E-state index contributed by atoms with van der Waals surface area (Å²) in [4.78, 5) is 0. The maximum atomic E-state index is 9.27. The van der Waals surface area contributed by atoms with Crippen LogP contribution in [0.4, 0.5) is 0 Å². The van der Waals surface area contributed by atoms with Crippen molar-refractivity contribution < 1.29 is 24.8 Å². The van der Waals surface area contributed by atoms with Crippen LogP contribution in [0.1, 0.15) is 20.3 Å². The minimum atomic E-state index is -1.03. The number of aliphatic hydroxyl groups is 3. The Labute approximate surface area is 84.3 Å². The van der Waals surface area contributed by atoms with Gasteiger partial charge in [-0.3, -0.25) is 0 Å². The molecule has 0 bridgehead atoms. The molecule has 1 aliphatic rings. The Balaban J connectivity index is 0.000000791. The van der Waals surface area contributed by atoms with Crippen LogP contribution in [0.5, 0.6) is 0 Å². The third kappa shape index (κ3) is 3.51. The van der Waals surface area contributed by atoms with Crippen molar-refractivity contribution in [3.05, 3.63) is 0 Å². The van der Waals surface area contributed by atoms with E-state index in [1.807, 2.05) is 13.8 Å². The molecule has 0 saturated carbocycles. The third-order valence-electron chi connectivity index (χ3n) is 1.94. The largest absolute Gasteiger partial charge is 0.394 e. The Bertz CT molecular complexity index is 141. The maximum Gasteiger partial charge on any atom is 0.186 e. The first-order valence-corrected chi connectivity index (χ1v) is 4.84. The molecule has 0 spiro atoms. The third-order valence-corrected chi connectivity index (χ3v) is 1.94. The van der Waals surface area contributed by atoms with Crippen LogP contribution < -0.4 is 0 Å². The minimum Gasteiger partial charge on any atom is -0.394 e. The molecular formula is C9H20O5. The SMILES string of the molecule is CC.COC1OC(CO)CC(O)C1O. The Morgan fingerprint density at radius 2 is 1.93 bits per heavy atom. The summed E-state index contributed by atoms with van der Waals surface area (Å²) in [5.74, 6) is 0. The Hall–Kier alpha value is -0.200. The molecule has 4 unspecified atom stereocenters. The molecule has 5 nitrogen and oxygen atoms in total. The highest BCUT2D eigenvalue weighted by molar-refractivity contribution is 4.80. The summed E-state index contributed by atoms with van der Waals surface area (Å²) in [6.45, 7) is 3.82. The normalized spacial score (nSPS) is 37.3. The van der Waals surface area contributed by atoms with Gasteiger partial charge >= 0.3 is 0 Å². The van der Waals surface area contributed by atoms with Crippen molar-refractivity contribution in [3.8, 4) is 0 Å². The van der Waals surface area contributed by atoms with E-state index in [9.17, 15) is 10.2 Å². The average Bonchev–Trinajstić information content (AvgIpc) is 2.24. The molecule has 14 heavy (non-hydrogen) atoms. The van der Waals surface area contributed by atoms with Gasteiger partial charge < -0.3 is 24.8 Å². The van der Waals surface area contributed by atoms with Gasteiger partial charge in [0.1, 0.15) is 6.10 Å². The highest BCUT2D eigenvalue weighted by Gasteiger charge is 2.36. The van der Waals surface area contributed by atoms with Crippen molar-refractivity contribution in [2.45, 2.75) is 44.9 Å². The van der Waals surface area contributed by atoms with Gasteiger partial charge in [-0.1, -0.05) is 13.8 Å². The van der Waals surface area contributed by atoms with Gasteiger partial charge in [0, 0.05) is 13.5 Å². The smallest absolute Gasteiger partial charge is 0.186 e. The lowest BCUT2D eigenvalue weighted by molar-refractivity contribution is -0.262. The highest BCUT2D eigenvalue weighted by Crippen LogP contribution is 2.20. The second-order valence-electron chi connectivity index (χ2n) is 2.84. The molecule has 0 aromatic carbocycles. The lowest BCUT2D eigenvalue weighted by Crippen LogP contribution is -2.49. The molecule has 1 aliphatic heterocycles. The van der Waals surface area contributed by atoms with Crippen molar-refractivity contribution >= 4 is 0 Å². The maximum absolute atomic E-state index is 9.27. The van der Waals surface area contributed by atoms with Crippen molar-refractivity contribution in [2.75, 3.05) is 13.7 Å². The summed E-state index contributed by atoms with van der Waals surface area (Å²) in [6.07, 6.45) is -2.98. The van der Waals surface area contributed by atoms with E-state index in [0.29, 0.717) is 0 Å². The van der Waals surface area contributed by atoms with E-state index in [4.69, 9.17) is 14.6 Å². The van der Waals surface area contributed by atoms with Gasteiger partial charge in [-0.15, -0.1) is 0 Å². The van der Waals surface area contributed by atoms with Crippen molar-refractivity contribution in [3.63, 3.8) is 0 Å². The van der Waals surface area contributed by atoms with Gasteiger partial charge in [0.2, 0.25) is 0 Å². The molecule has 0 radical (unpaired) electrons. The van der Waals surface area contributed by atoms with E-state index in [1.165, 1.54) is 7.11 Å². The van der Waals surface area contributed by atoms with Crippen molar-refractivity contribution in [1.82, 2.24) is 0 Å². The van der Waals surface area contributed by atoms with Crippen LogP contribution >= 0.6 is 0 Å². The number of aliphatic hydroxyl groups excluding tert-OH is 3. The zero-order chi connectivity index (χ0) is 11.1. The molecule has 0 aromatic heterocycles. The van der Waals surface area contributed by atoms with Crippen LogP contribution in [0, 0.1) is 0 Å². The second kappa shape index (κ2) is 7.14. The average molecular weight is 208 g/mol. The molecule has 1 rings (SSSR count). The molecular weight excluding hydrogens is 188 g/mol. The first kappa shape index (κ1) is 13.8. The van der Waals surface area contributed by atoms with Crippen LogP contribution in [-0.2, 0) is 9.47 Å². The van der Waals surface area contributed by atoms with Crippen LogP contribution in [0.25, 0.3) is 0 Å². The Kier molecular flexibility index (Phi) is 7.04. The Morgan fingerprint density at radius 3 is 2.36 bits per heavy atom. The Morgan fingerprint density at radius 1 is 1.36 bits per heavy atom. The lowest BCUT2D eigenvalue weighted by atomic mass is 10.0. The van der Waals surface area contributed by atoms with E-state index < -0.39 is 24.6 Å². The molecule has 5 heteroatoms. The molecule has 0 amide bonds. The first-order chi connectivity index (χ1) is 6.69. The van der Waals surface area contributed by atoms with Gasteiger partial charge in [0.25, 0.3) is 0 Å². The van der Waals surface area contributed by atoms with Gasteiger partial charge in [-0.05, 0) is 0 Å². The topological polar surface area (TPSA) is 79.2 Å². The summed E-state index contributed by atoms with van der Waals surface area (Å²) >= 11 is 0. The molecule has 0 aliphatic carbocycles. The minimum absolute atomic E-state index is 0.177. The van der Waals surface area contributed by atoms with E-state index in [2.05, 4.69) is 0 Å². The lowest BCUT2D eigenvalue weighted by Gasteiger charge is -2.35. The van der Waals surface area contributed by atoms with Crippen LogP contribution in [0.15, 0.2) is 0 Å². The van der Waals surface area contributed by atoms with E-state index >= 15 is 0 Å². The van der Waals surface area contributed by atoms with Gasteiger partial charge in [0.15, 0.2) is 6.29 Å². The van der Waals surface area contributed by atoms with Crippen LogP contribution in [0.2, 0.25) is 0 Å². The van der Waals surface area contributed by atoms with Gasteiger partial charge in [0.05, 0.1) is 18.8 Å². The predicted molar refractivity (Wildman–Crippen MR) is 50.7 cm³/mol. The van der Waals surface area contributed by atoms with Gasteiger partial charge in [-0.2, -0.15) is 0 Å². The number of methoxy groups -OCH3 is 1. The fourth-order valence-corrected chi connectivity index (χ4v) is 1.23. The zero-order valence-corrected chi connectivity index (χ0v) is 8.88. The summed E-state index contributed by atoms with van der Waals surface area (Å²) in [6, 6.07) is 0. The van der Waals surface area contributed by atoms with Crippen LogP contribution in [0.3, 0.4) is 0 Å². The molecule has 1 fully saturated rings. The number of ether oxygens (including phenoxy) is 2. The van der Waals surface area contributed by atoms with Crippen molar-refractivity contribution in [2.24, 2.45) is 0 Å². The molecule has 4 atom stereocenters. The fourth-order valence-electron chi connectivity index (χ4n) is 1.23. The monoisotopic (exact) mass is 208 g/mol. The second-order valence-corrected chi connectivity index (χ2v) is 2.84. The molecule has 0 aromatic rings. The zero-order valence-electron chi connectivity index (χ0n) is 8.88. The molecule has 1 heterocycles. The summed E-state index contributed by atoms with van der Waals surface area (Å²) < 4.78 is 9.85. The number of hydrogen-bond acceptors (Lipinski definition) is 5. The number of hydrogen-bond donors (Lipinski definition) is 3. The van der Waals surface area contributed by atoms with Crippen molar-refractivity contribution in [1.29, 1.82) is 0 Å². The van der Waals surface area contributed by atoms with E-state index in [0.717, 1.165) is 0 Å². The van der Waals surface area contributed by atoms with E-state index in [-0.39, 0.29) is 13.0 Å². The summed E-state index contributed by atoms with van der Waals surface area (Å²) in [5.41, 5.74) is 0. The quantitative estimate of drug-likeness (QED) is 0.569. The molecule has 1 saturated heterocycles. The van der Waals surface area contributed by atoms with E-state index in [1.54, 1.807) is 0 Å². The standard InChI is InChI=1S/C7H14O5.C2H6/c1-11-7-6(10)5(9)2-4(3-8)12-7;1-2/h4-10H,2-3H2,1H3;1-2H3. The highest BCUT2D eigenvalue weighted by atomic mass is 16.7. The number of rotatable bonds is 2. The molecule has 86 valence electrons. The molecule has 3 N–H and O–H groups in total. The van der Waals surface area contributed by atoms with Crippen LogP contribution in [-0.4, -0.2) is 53.6 Å². The fraction of sp³-hybridized carbons (Fsp3) is 1.00. The summed E-state index contributed by atoms with van der Waals surface area (Å²) in [5, 5.41) is 27.3. The first-order valence-electron chi connectivity index (χ1n) is 4.84. The predicted octanol–water partition coefficient (Wildman–Crippen LogP) is -0.512. The summed E-state index contributed by atoms with van der Waals surface area (Å²) in [7, 11) is 1.38.